The zero-order chi connectivity index (χ0) is 15.5. The second-order valence-corrected chi connectivity index (χ2v) is 5.57. The van der Waals surface area contributed by atoms with Crippen LogP contribution >= 0.6 is 0 Å². The molecular weight excluding hydrogens is 281 g/mol. The van der Waals surface area contributed by atoms with Crippen molar-refractivity contribution in [1.82, 2.24) is 5.43 Å². The summed E-state index contributed by atoms with van der Waals surface area (Å²) in [5, 5.41) is 0. The van der Waals surface area contributed by atoms with Gasteiger partial charge in [0.15, 0.2) is 0 Å². The van der Waals surface area contributed by atoms with E-state index < -0.39 is 12.1 Å². The Morgan fingerprint density at radius 1 is 1.14 bits per heavy atom. The van der Waals surface area contributed by atoms with Crippen molar-refractivity contribution >= 4 is 0 Å². The van der Waals surface area contributed by atoms with Gasteiger partial charge in [0, 0.05) is 6.04 Å². The smallest absolute Gasteiger partial charge is 0.391 e. The van der Waals surface area contributed by atoms with E-state index in [1.54, 1.807) is 7.11 Å². The number of hydrogen-bond acceptors (Lipinski definition) is 3. The first kappa shape index (κ1) is 16.1. The molecule has 1 saturated carbocycles. The van der Waals surface area contributed by atoms with Crippen molar-refractivity contribution in [3.63, 3.8) is 0 Å². The van der Waals surface area contributed by atoms with Gasteiger partial charge in [-0.15, -0.1) is 0 Å². The van der Waals surface area contributed by atoms with Gasteiger partial charge in [0.2, 0.25) is 0 Å². The standard InChI is InChI=1S/C15H21F3N2O/c1-21-13-8-4-11(5-9-13)14(20-19)10-2-6-12(7-3-10)15(16,17)18/h4-5,8-10,12,14,20H,2-3,6-7,19H2,1H3. The number of benzene rings is 1. The van der Waals surface area contributed by atoms with E-state index in [0.717, 1.165) is 11.3 Å². The molecule has 0 radical (unpaired) electrons. The first-order chi connectivity index (χ1) is 9.95. The van der Waals surface area contributed by atoms with Crippen LogP contribution in [0.3, 0.4) is 0 Å². The van der Waals surface area contributed by atoms with Crippen LogP contribution in [0.4, 0.5) is 13.2 Å². The summed E-state index contributed by atoms with van der Waals surface area (Å²) in [4.78, 5) is 0. The summed E-state index contributed by atoms with van der Waals surface area (Å²) in [6.07, 6.45) is -2.64. The molecule has 1 aliphatic rings. The minimum absolute atomic E-state index is 0.120. The van der Waals surface area contributed by atoms with Crippen LogP contribution in [0.25, 0.3) is 0 Å². The summed E-state index contributed by atoms with van der Waals surface area (Å²) in [5.74, 6) is 5.33. The third kappa shape index (κ3) is 3.89. The van der Waals surface area contributed by atoms with Crippen molar-refractivity contribution in [3.05, 3.63) is 29.8 Å². The maximum atomic E-state index is 12.7. The highest BCUT2D eigenvalue weighted by molar-refractivity contribution is 5.29. The molecule has 21 heavy (non-hydrogen) atoms. The van der Waals surface area contributed by atoms with E-state index >= 15 is 0 Å². The molecule has 0 aromatic heterocycles. The molecule has 118 valence electrons. The van der Waals surface area contributed by atoms with E-state index in [2.05, 4.69) is 5.43 Å². The minimum Gasteiger partial charge on any atom is -0.497 e. The molecule has 1 aliphatic carbocycles. The zero-order valence-corrected chi connectivity index (χ0v) is 12.0. The molecule has 1 fully saturated rings. The summed E-state index contributed by atoms with van der Waals surface area (Å²) in [7, 11) is 1.59. The van der Waals surface area contributed by atoms with Gasteiger partial charge in [-0.2, -0.15) is 13.2 Å². The Morgan fingerprint density at radius 3 is 2.14 bits per heavy atom. The van der Waals surface area contributed by atoms with Crippen LogP contribution in [0.15, 0.2) is 24.3 Å². The number of hydrazine groups is 1. The molecule has 0 spiro atoms. The molecule has 1 atom stereocenters. The van der Waals surface area contributed by atoms with Gasteiger partial charge in [0.05, 0.1) is 13.0 Å². The van der Waals surface area contributed by atoms with E-state index in [9.17, 15) is 13.2 Å². The predicted octanol–water partition coefficient (Wildman–Crippen LogP) is 3.57. The number of nitrogens with one attached hydrogen (secondary N) is 1. The van der Waals surface area contributed by atoms with Crippen LogP contribution in [0.1, 0.15) is 37.3 Å². The number of methoxy groups -OCH3 is 1. The lowest BCUT2D eigenvalue weighted by Crippen LogP contribution is -2.37. The molecule has 1 aromatic carbocycles. The van der Waals surface area contributed by atoms with Crippen molar-refractivity contribution < 1.29 is 17.9 Å². The Balaban J connectivity index is 2.02. The Kier molecular flexibility index (Phi) is 5.11. The van der Waals surface area contributed by atoms with Crippen LogP contribution in [0, 0.1) is 11.8 Å². The van der Waals surface area contributed by atoms with Crippen molar-refractivity contribution in [2.45, 2.75) is 37.9 Å². The van der Waals surface area contributed by atoms with Gasteiger partial charge in [0.25, 0.3) is 0 Å². The maximum Gasteiger partial charge on any atom is 0.391 e. The van der Waals surface area contributed by atoms with Crippen LogP contribution in [-0.2, 0) is 0 Å². The molecule has 3 N–H and O–H groups in total. The van der Waals surface area contributed by atoms with Crippen molar-refractivity contribution in [2.75, 3.05) is 7.11 Å². The lowest BCUT2D eigenvalue weighted by atomic mass is 9.76. The number of hydrogen-bond donors (Lipinski definition) is 2. The van der Waals surface area contributed by atoms with Gasteiger partial charge in [-0.05, 0) is 49.3 Å². The third-order valence-electron chi connectivity index (χ3n) is 4.36. The van der Waals surface area contributed by atoms with Crippen molar-refractivity contribution in [3.8, 4) is 5.75 Å². The molecule has 1 aromatic rings. The van der Waals surface area contributed by atoms with Gasteiger partial charge in [-0.1, -0.05) is 12.1 Å². The lowest BCUT2D eigenvalue weighted by Gasteiger charge is -2.34. The molecule has 0 heterocycles. The van der Waals surface area contributed by atoms with Crippen LogP contribution in [-0.4, -0.2) is 13.3 Å². The highest BCUT2D eigenvalue weighted by Crippen LogP contribution is 2.43. The first-order valence-electron chi connectivity index (χ1n) is 7.12. The van der Waals surface area contributed by atoms with Crippen LogP contribution in [0.5, 0.6) is 5.75 Å². The summed E-state index contributed by atoms with van der Waals surface area (Å²) in [6, 6.07) is 7.35. The number of rotatable bonds is 4. The molecule has 6 heteroatoms. The highest BCUT2D eigenvalue weighted by Gasteiger charge is 2.42. The second-order valence-electron chi connectivity index (χ2n) is 5.57. The molecular formula is C15H21F3N2O. The fraction of sp³-hybridized carbons (Fsp3) is 0.600. The van der Waals surface area contributed by atoms with E-state index in [0.29, 0.717) is 12.8 Å². The average molecular weight is 302 g/mol. The summed E-state index contributed by atoms with van der Waals surface area (Å²) in [6.45, 7) is 0. The first-order valence-corrected chi connectivity index (χ1v) is 7.12. The maximum absolute atomic E-state index is 12.7. The molecule has 2 rings (SSSR count). The molecule has 3 nitrogen and oxygen atoms in total. The fourth-order valence-corrected chi connectivity index (χ4v) is 3.10. The summed E-state index contributed by atoms with van der Waals surface area (Å²) in [5.41, 5.74) is 3.74. The van der Waals surface area contributed by atoms with E-state index in [1.807, 2.05) is 24.3 Å². The van der Waals surface area contributed by atoms with Crippen molar-refractivity contribution in [1.29, 1.82) is 0 Å². The SMILES string of the molecule is COc1ccc(C(NN)C2CCC(C(F)(F)F)CC2)cc1. The number of ether oxygens (including phenoxy) is 1. The molecule has 0 bridgehead atoms. The highest BCUT2D eigenvalue weighted by atomic mass is 19.4. The second kappa shape index (κ2) is 6.66. The van der Waals surface area contributed by atoms with Gasteiger partial charge >= 0.3 is 6.18 Å². The van der Waals surface area contributed by atoms with Gasteiger partial charge in [0.1, 0.15) is 5.75 Å². The Bertz CT molecular complexity index is 439. The topological polar surface area (TPSA) is 47.3 Å². The Labute approximate surface area is 122 Å². The third-order valence-corrected chi connectivity index (χ3v) is 4.36. The minimum atomic E-state index is -4.07. The average Bonchev–Trinajstić information content (AvgIpc) is 2.48. The normalized spacial score (nSPS) is 24.6. The fourth-order valence-electron chi connectivity index (χ4n) is 3.10. The Morgan fingerprint density at radius 2 is 1.71 bits per heavy atom. The van der Waals surface area contributed by atoms with E-state index in [4.69, 9.17) is 10.6 Å². The molecule has 0 aliphatic heterocycles. The predicted molar refractivity (Wildman–Crippen MR) is 74.6 cm³/mol. The number of nitrogens with two attached hydrogens (primary N) is 1. The number of alkyl halides is 3. The van der Waals surface area contributed by atoms with E-state index in [-0.39, 0.29) is 24.8 Å². The quantitative estimate of drug-likeness (QED) is 0.660. The van der Waals surface area contributed by atoms with Gasteiger partial charge in [-0.25, -0.2) is 0 Å². The van der Waals surface area contributed by atoms with Crippen LogP contribution in [0.2, 0.25) is 0 Å². The lowest BCUT2D eigenvalue weighted by molar-refractivity contribution is -0.184. The van der Waals surface area contributed by atoms with E-state index in [1.165, 1.54) is 0 Å². The van der Waals surface area contributed by atoms with Crippen molar-refractivity contribution in [2.24, 2.45) is 17.7 Å². The molecule has 0 saturated heterocycles. The summed E-state index contributed by atoms with van der Waals surface area (Å²) >= 11 is 0. The monoisotopic (exact) mass is 302 g/mol. The summed E-state index contributed by atoms with van der Waals surface area (Å²) < 4.78 is 43.2. The molecule has 0 amide bonds. The van der Waals surface area contributed by atoms with Crippen LogP contribution < -0.4 is 16.0 Å². The zero-order valence-electron chi connectivity index (χ0n) is 12.0. The Hall–Kier alpha value is -1.27. The van der Waals surface area contributed by atoms with Gasteiger partial charge in [-0.3, -0.25) is 11.3 Å². The number of halogens is 3. The largest absolute Gasteiger partial charge is 0.497 e. The van der Waals surface area contributed by atoms with Gasteiger partial charge < -0.3 is 4.74 Å². The molecule has 1 unspecified atom stereocenters.